The summed E-state index contributed by atoms with van der Waals surface area (Å²) >= 11 is 0. The van der Waals surface area contributed by atoms with E-state index in [-0.39, 0.29) is 5.91 Å². The lowest BCUT2D eigenvalue weighted by molar-refractivity contribution is -0.116. The van der Waals surface area contributed by atoms with Crippen molar-refractivity contribution in [3.8, 4) is 0 Å². The molecule has 86 valence electrons. The first kappa shape index (κ1) is 12.5. The molecule has 0 atom stereocenters. The molecule has 0 fully saturated rings. The Kier molecular flexibility index (Phi) is 5.29. The molecular formula is C13H17NO2. The third-order valence-electron chi connectivity index (χ3n) is 2.18. The van der Waals surface area contributed by atoms with Crippen molar-refractivity contribution in [2.45, 2.75) is 6.92 Å². The molecule has 1 rings (SSSR count). The van der Waals surface area contributed by atoms with Crippen molar-refractivity contribution < 1.29 is 9.53 Å². The number of rotatable bonds is 5. The molecule has 0 bridgehead atoms. The van der Waals surface area contributed by atoms with Gasteiger partial charge in [-0.15, -0.1) is 0 Å². The fourth-order valence-electron chi connectivity index (χ4n) is 1.31. The van der Waals surface area contributed by atoms with Gasteiger partial charge >= 0.3 is 0 Å². The van der Waals surface area contributed by atoms with E-state index in [2.05, 4.69) is 5.32 Å². The first-order valence-corrected chi connectivity index (χ1v) is 5.24. The Morgan fingerprint density at radius 3 is 2.69 bits per heavy atom. The molecule has 0 unspecified atom stereocenters. The minimum Gasteiger partial charge on any atom is -0.383 e. The highest BCUT2D eigenvalue weighted by Crippen LogP contribution is 2.11. The van der Waals surface area contributed by atoms with Crippen LogP contribution in [0.2, 0.25) is 0 Å². The molecule has 16 heavy (non-hydrogen) atoms. The van der Waals surface area contributed by atoms with Gasteiger partial charge < -0.3 is 10.1 Å². The fraction of sp³-hybridized carbons (Fsp3) is 0.308. The minimum atomic E-state index is -0.0848. The van der Waals surface area contributed by atoms with Crippen LogP contribution in [0.3, 0.4) is 0 Å². The molecule has 0 spiro atoms. The Hall–Kier alpha value is -1.61. The van der Waals surface area contributed by atoms with Gasteiger partial charge in [-0.1, -0.05) is 30.3 Å². The van der Waals surface area contributed by atoms with Crippen LogP contribution in [-0.2, 0) is 9.53 Å². The Balaban J connectivity index is 2.53. The summed E-state index contributed by atoms with van der Waals surface area (Å²) < 4.78 is 4.85. The third-order valence-corrected chi connectivity index (χ3v) is 2.18. The van der Waals surface area contributed by atoms with E-state index >= 15 is 0 Å². The van der Waals surface area contributed by atoms with Crippen LogP contribution in [0.15, 0.2) is 36.4 Å². The standard InChI is InChI=1S/C13H17NO2/c1-11(12-6-4-3-5-7-12)10-13(15)14-8-9-16-2/h3-7,10H,8-9H2,1-2H3,(H,14,15)/b11-10+. The zero-order chi connectivity index (χ0) is 11.8. The van der Waals surface area contributed by atoms with Gasteiger partial charge in [-0.2, -0.15) is 0 Å². The van der Waals surface area contributed by atoms with Crippen molar-refractivity contribution in [1.82, 2.24) is 5.32 Å². The zero-order valence-corrected chi connectivity index (χ0v) is 9.69. The second-order valence-corrected chi connectivity index (χ2v) is 3.48. The summed E-state index contributed by atoms with van der Waals surface area (Å²) in [4.78, 5) is 11.5. The van der Waals surface area contributed by atoms with Crippen LogP contribution in [0, 0.1) is 0 Å². The second-order valence-electron chi connectivity index (χ2n) is 3.48. The number of nitrogens with one attached hydrogen (secondary N) is 1. The maximum Gasteiger partial charge on any atom is 0.244 e. The quantitative estimate of drug-likeness (QED) is 0.606. The summed E-state index contributed by atoms with van der Waals surface area (Å²) in [6.45, 7) is 2.99. The summed E-state index contributed by atoms with van der Waals surface area (Å²) in [6, 6.07) is 9.82. The Labute approximate surface area is 96.1 Å². The van der Waals surface area contributed by atoms with Gasteiger partial charge in [0.15, 0.2) is 0 Å². The number of ether oxygens (including phenoxy) is 1. The van der Waals surface area contributed by atoms with Crippen LogP contribution in [0.5, 0.6) is 0 Å². The van der Waals surface area contributed by atoms with Gasteiger partial charge in [-0.05, 0) is 18.1 Å². The molecule has 0 aliphatic heterocycles. The smallest absolute Gasteiger partial charge is 0.244 e. The Bertz CT molecular complexity index is 357. The number of carbonyl (C=O) groups is 1. The van der Waals surface area contributed by atoms with Crippen molar-refractivity contribution >= 4 is 11.5 Å². The van der Waals surface area contributed by atoms with Crippen molar-refractivity contribution in [2.75, 3.05) is 20.3 Å². The van der Waals surface area contributed by atoms with E-state index in [4.69, 9.17) is 4.74 Å². The molecule has 1 aromatic rings. The van der Waals surface area contributed by atoms with E-state index in [9.17, 15) is 4.79 Å². The van der Waals surface area contributed by atoms with E-state index in [1.54, 1.807) is 13.2 Å². The van der Waals surface area contributed by atoms with E-state index < -0.39 is 0 Å². The first-order chi connectivity index (χ1) is 7.74. The van der Waals surface area contributed by atoms with Gasteiger partial charge in [0.2, 0.25) is 5.91 Å². The van der Waals surface area contributed by atoms with E-state index in [0.717, 1.165) is 11.1 Å². The van der Waals surface area contributed by atoms with Crippen LogP contribution in [0.1, 0.15) is 12.5 Å². The molecule has 3 nitrogen and oxygen atoms in total. The van der Waals surface area contributed by atoms with Gasteiger partial charge in [0.1, 0.15) is 0 Å². The van der Waals surface area contributed by atoms with Crippen LogP contribution in [-0.4, -0.2) is 26.2 Å². The molecule has 0 aromatic heterocycles. The summed E-state index contributed by atoms with van der Waals surface area (Å²) in [6.07, 6.45) is 1.60. The van der Waals surface area contributed by atoms with E-state index in [1.165, 1.54) is 0 Å². The number of hydrogen-bond donors (Lipinski definition) is 1. The molecular weight excluding hydrogens is 202 g/mol. The van der Waals surface area contributed by atoms with Gasteiger partial charge in [-0.3, -0.25) is 4.79 Å². The van der Waals surface area contributed by atoms with E-state index in [0.29, 0.717) is 13.2 Å². The summed E-state index contributed by atoms with van der Waals surface area (Å²) in [5.74, 6) is -0.0848. The molecule has 3 heteroatoms. The molecule has 1 N–H and O–H groups in total. The van der Waals surface area contributed by atoms with Crippen molar-refractivity contribution in [2.24, 2.45) is 0 Å². The average Bonchev–Trinajstić information content (AvgIpc) is 2.30. The maximum atomic E-state index is 11.5. The molecule has 0 aliphatic carbocycles. The molecule has 1 amide bonds. The van der Waals surface area contributed by atoms with Crippen LogP contribution < -0.4 is 5.32 Å². The zero-order valence-electron chi connectivity index (χ0n) is 9.69. The SMILES string of the molecule is COCCNC(=O)/C=C(\C)c1ccccc1. The lowest BCUT2D eigenvalue weighted by atomic mass is 10.1. The average molecular weight is 219 g/mol. The fourth-order valence-corrected chi connectivity index (χ4v) is 1.31. The van der Waals surface area contributed by atoms with Crippen LogP contribution in [0.25, 0.3) is 5.57 Å². The van der Waals surface area contributed by atoms with Gasteiger partial charge in [0.05, 0.1) is 6.61 Å². The summed E-state index contributed by atoms with van der Waals surface area (Å²) in [5.41, 5.74) is 2.01. The predicted molar refractivity (Wildman–Crippen MR) is 65.0 cm³/mol. The normalized spacial score (nSPS) is 11.2. The largest absolute Gasteiger partial charge is 0.383 e. The number of hydrogen-bond acceptors (Lipinski definition) is 2. The lowest BCUT2D eigenvalue weighted by Crippen LogP contribution is -2.25. The highest BCUT2D eigenvalue weighted by atomic mass is 16.5. The lowest BCUT2D eigenvalue weighted by Gasteiger charge is -2.03. The van der Waals surface area contributed by atoms with Crippen LogP contribution in [0.4, 0.5) is 0 Å². The molecule has 0 aliphatic rings. The van der Waals surface area contributed by atoms with Crippen molar-refractivity contribution in [3.63, 3.8) is 0 Å². The van der Waals surface area contributed by atoms with Gasteiger partial charge in [-0.25, -0.2) is 0 Å². The van der Waals surface area contributed by atoms with Gasteiger partial charge in [0, 0.05) is 19.7 Å². The first-order valence-electron chi connectivity index (χ1n) is 5.24. The van der Waals surface area contributed by atoms with Crippen LogP contribution >= 0.6 is 0 Å². The topological polar surface area (TPSA) is 38.3 Å². The second kappa shape index (κ2) is 6.80. The number of carbonyl (C=O) groups excluding carboxylic acids is 1. The maximum absolute atomic E-state index is 11.5. The third kappa shape index (κ3) is 4.28. The van der Waals surface area contributed by atoms with Gasteiger partial charge in [0.25, 0.3) is 0 Å². The van der Waals surface area contributed by atoms with E-state index in [1.807, 2.05) is 37.3 Å². The molecule has 0 radical (unpaired) electrons. The molecule has 1 aromatic carbocycles. The molecule has 0 saturated heterocycles. The van der Waals surface area contributed by atoms with Crippen molar-refractivity contribution in [1.29, 1.82) is 0 Å². The van der Waals surface area contributed by atoms with Crippen molar-refractivity contribution in [3.05, 3.63) is 42.0 Å². The summed E-state index contributed by atoms with van der Waals surface area (Å²) in [5, 5.41) is 2.74. The monoisotopic (exact) mass is 219 g/mol. The Morgan fingerprint density at radius 2 is 2.06 bits per heavy atom. The predicted octanol–water partition coefficient (Wildman–Crippen LogP) is 1.85. The number of allylic oxidation sites excluding steroid dienone is 1. The summed E-state index contributed by atoms with van der Waals surface area (Å²) in [7, 11) is 1.61. The molecule has 0 heterocycles. The highest BCUT2D eigenvalue weighted by Gasteiger charge is 1.99. The Morgan fingerprint density at radius 1 is 1.38 bits per heavy atom. The molecule has 0 saturated carbocycles. The number of benzene rings is 1. The number of amides is 1. The number of methoxy groups -OCH3 is 1. The highest BCUT2D eigenvalue weighted by molar-refractivity contribution is 5.94. The minimum absolute atomic E-state index is 0.0848.